The van der Waals surface area contributed by atoms with Crippen molar-refractivity contribution in [3.63, 3.8) is 0 Å². The lowest BCUT2D eigenvalue weighted by Gasteiger charge is -2.07. The summed E-state index contributed by atoms with van der Waals surface area (Å²) in [7, 11) is 1.64. The number of phenolic OH excluding ortho intramolecular Hbond substituents is 1. The van der Waals surface area contributed by atoms with Crippen molar-refractivity contribution in [2.45, 2.75) is 6.54 Å². The zero-order chi connectivity index (χ0) is 14.7. The van der Waals surface area contributed by atoms with Crippen LogP contribution in [0.25, 0.3) is 11.4 Å². The minimum atomic E-state index is 0.257. The monoisotopic (exact) mass is 281 g/mol. The van der Waals surface area contributed by atoms with Gasteiger partial charge >= 0.3 is 0 Å². The van der Waals surface area contributed by atoms with E-state index in [4.69, 9.17) is 4.74 Å². The fraction of sp³-hybridized carbons (Fsp3) is 0.125. The molecular weight excluding hydrogens is 266 g/mol. The quantitative estimate of drug-likeness (QED) is 0.798. The number of phenols is 1. The number of nitrogens with zero attached hydrogens (tertiary/aromatic N) is 3. The average Bonchev–Trinajstić information content (AvgIpc) is 2.98. The van der Waals surface area contributed by atoms with Crippen LogP contribution < -0.4 is 4.74 Å². The predicted molar refractivity (Wildman–Crippen MR) is 79.2 cm³/mol. The molecule has 0 amide bonds. The van der Waals surface area contributed by atoms with E-state index in [-0.39, 0.29) is 5.75 Å². The number of aromatic hydroxyl groups is 1. The molecule has 5 nitrogen and oxygen atoms in total. The smallest absolute Gasteiger partial charge is 0.158 e. The van der Waals surface area contributed by atoms with Crippen LogP contribution in [0.3, 0.4) is 0 Å². The van der Waals surface area contributed by atoms with Crippen LogP contribution in [0.5, 0.6) is 11.5 Å². The number of rotatable bonds is 4. The molecule has 0 atom stereocenters. The molecule has 0 bridgehead atoms. The van der Waals surface area contributed by atoms with Crippen LogP contribution in [0.2, 0.25) is 0 Å². The Morgan fingerprint density at radius 1 is 1.05 bits per heavy atom. The number of ether oxygens (including phenoxy) is 1. The van der Waals surface area contributed by atoms with Crippen molar-refractivity contribution < 1.29 is 9.84 Å². The Balaban J connectivity index is 1.87. The summed E-state index contributed by atoms with van der Waals surface area (Å²) in [5.74, 6) is 1.86. The molecular formula is C16H15N3O2. The van der Waals surface area contributed by atoms with Crippen molar-refractivity contribution in [1.29, 1.82) is 0 Å². The maximum absolute atomic E-state index is 9.32. The third kappa shape index (κ3) is 2.86. The van der Waals surface area contributed by atoms with Crippen molar-refractivity contribution >= 4 is 0 Å². The van der Waals surface area contributed by atoms with Gasteiger partial charge in [0.2, 0.25) is 0 Å². The van der Waals surface area contributed by atoms with Crippen molar-refractivity contribution in [2.75, 3.05) is 7.11 Å². The van der Waals surface area contributed by atoms with Crippen LogP contribution in [0, 0.1) is 0 Å². The van der Waals surface area contributed by atoms with E-state index in [0.29, 0.717) is 6.54 Å². The highest BCUT2D eigenvalue weighted by Gasteiger charge is 2.08. The van der Waals surface area contributed by atoms with Gasteiger partial charge in [0, 0.05) is 5.56 Å². The Morgan fingerprint density at radius 2 is 1.76 bits per heavy atom. The Labute approximate surface area is 122 Å². The molecule has 1 N–H and O–H groups in total. The van der Waals surface area contributed by atoms with E-state index in [1.807, 2.05) is 41.1 Å². The molecule has 0 unspecified atom stereocenters. The zero-order valence-corrected chi connectivity index (χ0v) is 11.6. The summed E-state index contributed by atoms with van der Waals surface area (Å²) in [4.78, 5) is 4.32. The molecule has 0 saturated carbocycles. The maximum Gasteiger partial charge on any atom is 0.158 e. The molecule has 3 rings (SSSR count). The molecule has 0 aliphatic heterocycles. The molecule has 0 spiro atoms. The lowest BCUT2D eigenvalue weighted by Crippen LogP contribution is -2.04. The predicted octanol–water partition coefficient (Wildman–Crippen LogP) is 2.71. The lowest BCUT2D eigenvalue weighted by molar-refractivity contribution is 0.415. The van der Waals surface area contributed by atoms with Gasteiger partial charge in [-0.3, -0.25) is 0 Å². The van der Waals surface area contributed by atoms with Gasteiger partial charge in [0.05, 0.1) is 13.7 Å². The van der Waals surface area contributed by atoms with Crippen molar-refractivity contribution in [3.05, 3.63) is 60.4 Å². The first-order valence-electron chi connectivity index (χ1n) is 6.56. The molecule has 3 aromatic rings. The van der Waals surface area contributed by atoms with E-state index in [1.54, 1.807) is 25.6 Å². The molecule has 106 valence electrons. The minimum absolute atomic E-state index is 0.257. The van der Waals surface area contributed by atoms with Gasteiger partial charge in [-0.05, 0) is 42.0 Å². The van der Waals surface area contributed by atoms with Gasteiger partial charge in [-0.25, -0.2) is 9.67 Å². The molecule has 5 heteroatoms. The first kappa shape index (κ1) is 13.2. The van der Waals surface area contributed by atoms with Crippen LogP contribution in [0.15, 0.2) is 54.9 Å². The van der Waals surface area contributed by atoms with Gasteiger partial charge in [-0.2, -0.15) is 5.10 Å². The van der Waals surface area contributed by atoms with E-state index in [1.165, 1.54) is 0 Å². The van der Waals surface area contributed by atoms with Crippen molar-refractivity contribution in [2.24, 2.45) is 0 Å². The highest BCUT2D eigenvalue weighted by molar-refractivity contribution is 5.56. The Morgan fingerprint density at radius 3 is 2.43 bits per heavy atom. The van der Waals surface area contributed by atoms with Crippen LogP contribution in [0.1, 0.15) is 5.56 Å². The maximum atomic E-state index is 9.32. The minimum Gasteiger partial charge on any atom is -0.508 e. The summed E-state index contributed by atoms with van der Waals surface area (Å²) in [6.07, 6.45) is 1.54. The second-order valence-electron chi connectivity index (χ2n) is 4.64. The van der Waals surface area contributed by atoms with Crippen molar-refractivity contribution in [1.82, 2.24) is 14.8 Å². The summed E-state index contributed by atoms with van der Waals surface area (Å²) < 4.78 is 6.98. The molecule has 0 radical (unpaired) electrons. The molecule has 2 aromatic carbocycles. The van der Waals surface area contributed by atoms with Gasteiger partial charge in [0.25, 0.3) is 0 Å². The Bertz CT molecular complexity index is 718. The topological polar surface area (TPSA) is 60.2 Å². The van der Waals surface area contributed by atoms with Gasteiger partial charge in [0.1, 0.15) is 17.8 Å². The summed E-state index contributed by atoms with van der Waals surface area (Å²) in [5, 5.41) is 13.6. The standard InChI is InChI=1S/C16H15N3O2/c1-21-15-8-4-13(5-9-15)16-17-11-18-19(16)10-12-2-6-14(20)7-3-12/h2-9,11,20H,10H2,1H3. The van der Waals surface area contributed by atoms with E-state index < -0.39 is 0 Å². The SMILES string of the molecule is COc1ccc(-c2ncnn2Cc2ccc(O)cc2)cc1. The summed E-state index contributed by atoms with van der Waals surface area (Å²) >= 11 is 0. The number of methoxy groups -OCH3 is 1. The number of hydrogen-bond acceptors (Lipinski definition) is 4. The molecule has 1 heterocycles. The van der Waals surface area contributed by atoms with Gasteiger partial charge in [-0.1, -0.05) is 12.1 Å². The van der Waals surface area contributed by atoms with Crippen molar-refractivity contribution in [3.8, 4) is 22.9 Å². The summed E-state index contributed by atoms with van der Waals surface area (Å²) in [6.45, 7) is 0.599. The largest absolute Gasteiger partial charge is 0.508 e. The third-order valence-electron chi connectivity index (χ3n) is 3.23. The Kier molecular flexibility index (Phi) is 3.55. The highest BCUT2D eigenvalue weighted by atomic mass is 16.5. The van der Waals surface area contributed by atoms with E-state index in [2.05, 4.69) is 10.1 Å². The summed E-state index contributed by atoms with van der Waals surface area (Å²) in [6, 6.07) is 14.8. The fourth-order valence-electron chi connectivity index (χ4n) is 2.12. The molecule has 0 aliphatic carbocycles. The first-order chi connectivity index (χ1) is 10.3. The molecule has 1 aromatic heterocycles. The molecule has 0 saturated heterocycles. The highest BCUT2D eigenvalue weighted by Crippen LogP contribution is 2.21. The zero-order valence-electron chi connectivity index (χ0n) is 11.6. The fourth-order valence-corrected chi connectivity index (χ4v) is 2.12. The lowest BCUT2D eigenvalue weighted by atomic mass is 10.2. The van der Waals surface area contributed by atoms with E-state index >= 15 is 0 Å². The number of hydrogen-bond donors (Lipinski definition) is 1. The normalized spacial score (nSPS) is 10.5. The molecule has 0 fully saturated rings. The summed E-state index contributed by atoms with van der Waals surface area (Å²) in [5.41, 5.74) is 2.03. The second-order valence-corrected chi connectivity index (χ2v) is 4.64. The number of aromatic nitrogens is 3. The van der Waals surface area contributed by atoms with Crippen LogP contribution in [-0.2, 0) is 6.54 Å². The van der Waals surface area contributed by atoms with Gasteiger partial charge in [0.15, 0.2) is 5.82 Å². The van der Waals surface area contributed by atoms with Crippen LogP contribution in [-0.4, -0.2) is 27.0 Å². The average molecular weight is 281 g/mol. The van der Waals surface area contributed by atoms with Crippen LogP contribution in [0.4, 0.5) is 0 Å². The van der Waals surface area contributed by atoms with E-state index in [9.17, 15) is 5.11 Å². The Hall–Kier alpha value is -2.82. The molecule has 0 aliphatic rings. The van der Waals surface area contributed by atoms with Gasteiger partial charge < -0.3 is 9.84 Å². The molecule has 21 heavy (non-hydrogen) atoms. The third-order valence-corrected chi connectivity index (χ3v) is 3.23. The first-order valence-corrected chi connectivity index (χ1v) is 6.56. The van der Waals surface area contributed by atoms with Gasteiger partial charge in [-0.15, -0.1) is 0 Å². The second kappa shape index (κ2) is 5.66. The van der Waals surface area contributed by atoms with E-state index in [0.717, 1.165) is 22.7 Å². The van der Waals surface area contributed by atoms with Crippen LogP contribution >= 0.6 is 0 Å². The number of benzene rings is 2.